The van der Waals surface area contributed by atoms with E-state index >= 15 is 0 Å². The third kappa shape index (κ3) is 2.37. The smallest absolute Gasteiger partial charge is 0.236 e. The molecule has 0 aliphatic heterocycles. The van der Waals surface area contributed by atoms with Crippen molar-refractivity contribution in [1.29, 1.82) is 0 Å². The first-order valence-electron chi connectivity index (χ1n) is 5.95. The molecule has 0 saturated heterocycles. The van der Waals surface area contributed by atoms with Gasteiger partial charge in [-0.05, 0) is 12.1 Å². The Morgan fingerprint density at radius 3 is 3.05 bits per heavy atom. The van der Waals surface area contributed by atoms with E-state index in [2.05, 4.69) is 20.6 Å². The minimum atomic E-state index is -0.0840. The molecule has 0 fully saturated rings. The quantitative estimate of drug-likeness (QED) is 0.807. The van der Waals surface area contributed by atoms with Crippen LogP contribution in [0.15, 0.2) is 24.3 Å². The number of aromatic nitrogens is 4. The summed E-state index contributed by atoms with van der Waals surface area (Å²) < 4.78 is 1.60. The van der Waals surface area contributed by atoms with Crippen LogP contribution in [-0.2, 0) is 4.79 Å². The number of amides is 1. The van der Waals surface area contributed by atoms with E-state index in [1.165, 1.54) is 11.3 Å². The average Bonchev–Trinajstić information content (AvgIpc) is 2.98. The molecule has 1 N–H and O–H groups in total. The number of fused-ring (bicyclic) bond motifs is 1. The molecule has 1 aromatic carbocycles. The average molecular weight is 308 g/mol. The molecule has 0 spiro atoms. The molecule has 20 heavy (non-hydrogen) atoms. The minimum Gasteiger partial charge on any atom is -0.301 e. The van der Waals surface area contributed by atoms with Crippen molar-refractivity contribution in [2.24, 2.45) is 0 Å². The highest BCUT2D eigenvalue weighted by Crippen LogP contribution is 2.25. The van der Waals surface area contributed by atoms with Crippen LogP contribution in [0, 0.1) is 0 Å². The third-order valence-corrected chi connectivity index (χ3v) is 3.69. The molecular weight excluding hydrogens is 298 g/mol. The molecule has 3 aromatic rings. The van der Waals surface area contributed by atoms with Crippen molar-refractivity contribution in [3.05, 3.63) is 29.3 Å². The van der Waals surface area contributed by atoms with Gasteiger partial charge in [-0.2, -0.15) is 4.52 Å². The molecule has 102 valence electrons. The van der Waals surface area contributed by atoms with Crippen LogP contribution < -0.4 is 5.32 Å². The van der Waals surface area contributed by atoms with Gasteiger partial charge < -0.3 is 5.32 Å². The Labute approximate surface area is 123 Å². The monoisotopic (exact) mass is 307 g/mol. The number of benzene rings is 1. The van der Waals surface area contributed by atoms with Gasteiger partial charge in [-0.3, -0.25) is 4.79 Å². The van der Waals surface area contributed by atoms with Gasteiger partial charge in [0, 0.05) is 17.0 Å². The molecule has 2 heterocycles. The lowest BCUT2D eigenvalue weighted by Gasteiger charge is -1.98. The molecule has 0 bridgehead atoms. The summed E-state index contributed by atoms with van der Waals surface area (Å²) in [6.45, 7) is 1.78. The Hall–Kier alpha value is -1.99. The normalized spacial score (nSPS) is 10.9. The van der Waals surface area contributed by atoms with Crippen LogP contribution in [0.5, 0.6) is 0 Å². The molecule has 0 atom stereocenters. The summed E-state index contributed by atoms with van der Waals surface area (Å²) in [6, 6.07) is 7.30. The Bertz CT molecular complexity index is 781. The summed E-state index contributed by atoms with van der Waals surface area (Å²) in [7, 11) is 0. The van der Waals surface area contributed by atoms with Gasteiger partial charge in [0.2, 0.25) is 16.0 Å². The van der Waals surface area contributed by atoms with Crippen LogP contribution in [0.4, 0.5) is 5.13 Å². The maximum Gasteiger partial charge on any atom is 0.236 e. The highest BCUT2D eigenvalue weighted by Gasteiger charge is 2.14. The summed E-state index contributed by atoms with van der Waals surface area (Å²) in [6.07, 6.45) is 0.404. The van der Waals surface area contributed by atoms with Gasteiger partial charge in [0.15, 0.2) is 5.82 Å². The van der Waals surface area contributed by atoms with Crippen molar-refractivity contribution < 1.29 is 4.79 Å². The first-order valence-corrected chi connectivity index (χ1v) is 7.15. The van der Waals surface area contributed by atoms with Crippen LogP contribution in [0.3, 0.4) is 0 Å². The molecule has 0 aliphatic carbocycles. The van der Waals surface area contributed by atoms with Gasteiger partial charge >= 0.3 is 0 Å². The maximum absolute atomic E-state index is 11.4. The van der Waals surface area contributed by atoms with Crippen molar-refractivity contribution in [2.45, 2.75) is 13.3 Å². The fraction of sp³-hybridized carbons (Fsp3) is 0.167. The summed E-state index contributed by atoms with van der Waals surface area (Å²) in [4.78, 5) is 12.0. The van der Waals surface area contributed by atoms with E-state index in [9.17, 15) is 4.79 Å². The molecule has 6 nitrogen and oxygen atoms in total. The zero-order valence-corrected chi connectivity index (χ0v) is 12.1. The summed E-state index contributed by atoms with van der Waals surface area (Å²) in [5.74, 6) is 0.509. The lowest BCUT2D eigenvalue weighted by molar-refractivity contribution is -0.115. The first kappa shape index (κ1) is 13.0. The van der Waals surface area contributed by atoms with E-state index < -0.39 is 0 Å². The van der Waals surface area contributed by atoms with Crippen LogP contribution in [0.2, 0.25) is 5.02 Å². The second kappa shape index (κ2) is 5.18. The highest BCUT2D eigenvalue weighted by atomic mass is 35.5. The SMILES string of the molecule is CCC(=O)Nc1nn2c(-c3cccc(Cl)c3)nnc2s1. The van der Waals surface area contributed by atoms with Crippen molar-refractivity contribution in [3.8, 4) is 11.4 Å². The number of halogens is 1. The van der Waals surface area contributed by atoms with Crippen LogP contribution in [0.25, 0.3) is 16.3 Å². The Balaban J connectivity index is 2.02. The molecule has 0 radical (unpaired) electrons. The summed E-state index contributed by atoms with van der Waals surface area (Å²) in [5, 5.41) is 16.3. The van der Waals surface area contributed by atoms with Crippen LogP contribution >= 0.6 is 22.9 Å². The summed E-state index contributed by atoms with van der Waals surface area (Å²) >= 11 is 7.25. The second-order valence-corrected chi connectivity index (χ2v) is 5.43. The standard InChI is InChI=1S/C12H10ClN5OS/c1-2-9(19)14-11-17-18-10(15-16-12(18)20-11)7-4-3-5-8(13)6-7/h3-6H,2H2,1H3,(H,14,17,19). The number of carbonyl (C=O) groups excluding carboxylic acids is 1. The van der Waals surface area contributed by atoms with E-state index in [0.717, 1.165) is 5.56 Å². The number of hydrogen-bond donors (Lipinski definition) is 1. The summed E-state index contributed by atoms with van der Waals surface area (Å²) in [5.41, 5.74) is 0.823. The molecule has 1 amide bonds. The van der Waals surface area contributed by atoms with E-state index in [-0.39, 0.29) is 5.91 Å². The molecule has 8 heteroatoms. The van der Waals surface area contributed by atoms with E-state index in [4.69, 9.17) is 11.6 Å². The Morgan fingerprint density at radius 2 is 2.30 bits per heavy atom. The molecule has 0 saturated carbocycles. The molecule has 0 unspecified atom stereocenters. The van der Waals surface area contributed by atoms with E-state index in [1.54, 1.807) is 23.6 Å². The van der Waals surface area contributed by atoms with E-state index in [1.807, 2.05) is 12.1 Å². The number of rotatable bonds is 3. The highest BCUT2D eigenvalue weighted by molar-refractivity contribution is 7.20. The fourth-order valence-electron chi connectivity index (χ4n) is 1.68. The predicted octanol–water partition coefficient (Wildman–Crippen LogP) is 2.85. The number of anilines is 1. The fourth-order valence-corrected chi connectivity index (χ4v) is 2.63. The van der Waals surface area contributed by atoms with Gasteiger partial charge in [-0.15, -0.1) is 15.3 Å². The lowest BCUT2D eigenvalue weighted by atomic mass is 10.2. The number of nitrogens with one attached hydrogen (secondary N) is 1. The third-order valence-electron chi connectivity index (χ3n) is 2.64. The largest absolute Gasteiger partial charge is 0.301 e. The predicted molar refractivity (Wildman–Crippen MR) is 78.0 cm³/mol. The maximum atomic E-state index is 11.4. The van der Waals surface area contributed by atoms with Gasteiger partial charge in [-0.1, -0.05) is 42.0 Å². The van der Waals surface area contributed by atoms with Gasteiger partial charge in [0.25, 0.3) is 0 Å². The zero-order valence-electron chi connectivity index (χ0n) is 10.5. The minimum absolute atomic E-state index is 0.0840. The van der Waals surface area contributed by atoms with Crippen molar-refractivity contribution in [3.63, 3.8) is 0 Å². The lowest BCUT2D eigenvalue weighted by Crippen LogP contribution is -2.09. The van der Waals surface area contributed by atoms with Crippen LogP contribution in [0.1, 0.15) is 13.3 Å². The van der Waals surface area contributed by atoms with Crippen molar-refractivity contribution in [1.82, 2.24) is 19.8 Å². The van der Waals surface area contributed by atoms with Crippen molar-refractivity contribution in [2.75, 3.05) is 5.32 Å². The Morgan fingerprint density at radius 1 is 1.45 bits per heavy atom. The topological polar surface area (TPSA) is 72.2 Å². The molecule has 3 rings (SSSR count). The first-order chi connectivity index (χ1) is 9.67. The zero-order chi connectivity index (χ0) is 14.1. The van der Waals surface area contributed by atoms with Gasteiger partial charge in [-0.25, -0.2) is 0 Å². The van der Waals surface area contributed by atoms with E-state index in [0.29, 0.717) is 27.4 Å². The Kier molecular flexibility index (Phi) is 3.37. The number of carbonyl (C=O) groups is 1. The van der Waals surface area contributed by atoms with Gasteiger partial charge in [0.05, 0.1) is 0 Å². The number of hydrogen-bond acceptors (Lipinski definition) is 5. The number of nitrogens with zero attached hydrogens (tertiary/aromatic N) is 4. The van der Waals surface area contributed by atoms with Gasteiger partial charge in [0.1, 0.15) is 0 Å². The molecule has 2 aromatic heterocycles. The molecule has 0 aliphatic rings. The van der Waals surface area contributed by atoms with Crippen LogP contribution in [-0.4, -0.2) is 25.7 Å². The molecular formula is C12H10ClN5OS. The second-order valence-electron chi connectivity index (χ2n) is 4.04. The van der Waals surface area contributed by atoms with Crippen molar-refractivity contribution >= 4 is 38.9 Å².